The predicted octanol–water partition coefficient (Wildman–Crippen LogP) is 2.14. The highest BCUT2D eigenvalue weighted by Gasteiger charge is 2.17. The van der Waals surface area contributed by atoms with Crippen molar-refractivity contribution in [2.75, 3.05) is 0 Å². The summed E-state index contributed by atoms with van der Waals surface area (Å²) in [5.74, 6) is 0.126. The molecule has 1 N–H and O–H groups in total. The molecule has 0 unspecified atom stereocenters. The number of fused-ring (bicyclic) bond motifs is 2. The van der Waals surface area contributed by atoms with Crippen LogP contribution in [0.25, 0.3) is 27.3 Å². The lowest BCUT2D eigenvalue weighted by molar-refractivity contribution is 0.975. The molecule has 3 heterocycles. The molecule has 23 heavy (non-hydrogen) atoms. The van der Waals surface area contributed by atoms with Gasteiger partial charge in [-0.25, -0.2) is 9.38 Å². The number of para-hydroxylation sites is 1. The normalized spacial score (nSPS) is 10.9. The van der Waals surface area contributed by atoms with Crippen LogP contribution in [0.15, 0.2) is 51.4 Å². The van der Waals surface area contributed by atoms with E-state index in [0.717, 1.165) is 4.40 Å². The van der Waals surface area contributed by atoms with E-state index in [1.807, 2.05) is 17.5 Å². The third kappa shape index (κ3) is 1.89. The highest BCUT2D eigenvalue weighted by Crippen LogP contribution is 2.24. The van der Waals surface area contributed by atoms with E-state index < -0.39 is 11.1 Å². The number of rotatable bonds is 1. The Hall–Kier alpha value is -3.24. The molecule has 0 saturated heterocycles. The van der Waals surface area contributed by atoms with E-state index in [1.165, 1.54) is 11.3 Å². The van der Waals surface area contributed by atoms with Crippen LogP contribution in [0, 0.1) is 11.3 Å². The molecule has 110 valence electrons. The van der Waals surface area contributed by atoms with Crippen molar-refractivity contribution in [1.82, 2.24) is 14.4 Å². The second-order valence-corrected chi connectivity index (χ2v) is 5.81. The maximum atomic E-state index is 12.6. The number of aromatic amines is 1. The van der Waals surface area contributed by atoms with Crippen LogP contribution >= 0.6 is 11.3 Å². The van der Waals surface area contributed by atoms with E-state index in [2.05, 4.69) is 9.97 Å². The van der Waals surface area contributed by atoms with Crippen LogP contribution in [-0.2, 0) is 0 Å². The fourth-order valence-corrected chi connectivity index (χ4v) is 3.23. The first-order valence-electron chi connectivity index (χ1n) is 6.72. The first-order valence-corrected chi connectivity index (χ1v) is 7.60. The minimum Gasteiger partial charge on any atom is -0.324 e. The van der Waals surface area contributed by atoms with Gasteiger partial charge in [-0.05, 0) is 23.6 Å². The van der Waals surface area contributed by atoms with Gasteiger partial charge in [0.25, 0.3) is 11.1 Å². The maximum Gasteiger partial charge on any atom is 0.280 e. The summed E-state index contributed by atoms with van der Waals surface area (Å²) in [5.41, 5.74) is -0.399. The molecule has 0 atom stereocenters. The number of hydrogen-bond acceptors (Lipinski definition) is 5. The first kappa shape index (κ1) is 13.4. The molecular weight excluding hydrogens is 312 g/mol. The zero-order valence-electron chi connectivity index (χ0n) is 11.6. The molecule has 7 heteroatoms. The number of nitriles is 1. The van der Waals surface area contributed by atoms with E-state index in [9.17, 15) is 14.9 Å². The van der Waals surface area contributed by atoms with Gasteiger partial charge in [-0.1, -0.05) is 18.2 Å². The number of thiophene rings is 1. The van der Waals surface area contributed by atoms with Crippen LogP contribution in [0.3, 0.4) is 0 Å². The van der Waals surface area contributed by atoms with Gasteiger partial charge in [0.1, 0.15) is 17.3 Å². The van der Waals surface area contributed by atoms with Gasteiger partial charge in [0.05, 0.1) is 15.8 Å². The number of aromatic nitrogens is 3. The highest BCUT2D eigenvalue weighted by molar-refractivity contribution is 7.13. The second kappa shape index (κ2) is 4.90. The number of nitrogens with zero attached hydrogens (tertiary/aromatic N) is 3. The summed E-state index contributed by atoms with van der Waals surface area (Å²) in [6.07, 6.45) is 0. The molecule has 3 aromatic heterocycles. The lowest BCUT2D eigenvalue weighted by Crippen LogP contribution is -2.30. The number of nitrogens with one attached hydrogen (secondary N) is 1. The van der Waals surface area contributed by atoms with E-state index >= 15 is 0 Å². The third-order valence-corrected chi connectivity index (χ3v) is 4.43. The monoisotopic (exact) mass is 320 g/mol. The average molecular weight is 320 g/mol. The molecule has 0 aliphatic heterocycles. The molecule has 0 saturated carbocycles. The molecule has 0 aliphatic rings. The Balaban J connectivity index is 2.25. The Kier molecular flexibility index (Phi) is 2.86. The third-order valence-electron chi connectivity index (χ3n) is 3.56. The van der Waals surface area contributed by atoms with Gasteiger partial charge in [0, 0.05) is 0 Å². The van der Waals surface area contributed by atoms with Crippen molar-refractivity contribution in [1.29, 1.82) is 5.26 Å². The smallest absolute Gasteiger partial charge is 0.280 e. The summed E-state index contributed by atoms with van der Waals surface area (Å²) in [6.45, 7) is 0. The Bertz CT molecular complexity index is 1210. The van der Waals surface area contributed by atoms with Crippen molar-refractivity contribution in [2.45, 2.75) is 0 Å². The molecule has 1 aromatic carbocycles. The quantitative estimate of drug-likeness (QED) is 0.544. The lowest BCUT2D eigenvalue weighted by atomic mass is 10.2. The van der Waals surface area contributed by atoms with Crippen molar-refractivity contribution in [3.8, 4) is 16.6 Å². The van der Waals surface area contributed by atoms with E-state index in [0.29, 0.717) is 21.5 Å². The molecule has 0 amide bonds. The van der Waals surface area contributed by atoms with Crippen molar-refractivity contribution in [3.63, 3.8) is 0 Å². The van der Waals surface area contributed by atoms with Crippen LogP contribution in [-0.4, -0.2) is 14.4 Å². The fourth-order valence-electron chi connectivity index (χ4n) is 2.51. The van der Waals surface area contributed by atoms with Gasteiger partial charge < -0.3 is 4.98 Å². The van der Waals surface area contributed by atoms with Gasteiger partial charge in [-0.15, -0.1) is 11.3 Å². The lowest BCUT2D eigenvalue weighted by Gasteiger charge is -2.06. The zero-order chi connectivity index (χ0) is 16.0. The van der Waals surface area contributed by atoms with Crippen molar-refractivity contribution < 1.29 is 0 Å². The van der Waals surface area contributed by atoms with Gasteiger partial charge in [0.15, 0.2) is 0 Å². The molecule has 0 bridgehead atoms. The second-order valence-electron chi connectivity index (χ2n) is 4.86. The SMILES string of the molecule is N#Cc1c(-c2cccs2)nc2[nH]c3ccccc3c(=O)n2c1=O. The molecule has 0 radical (unpaired) electrons. The largest absolute Gasteiger partial charge is 0.324 e. The summed E-state index contributed by atoms with van der Waals surface area (Å²) < 4.78 is 0.915. The molecule has 0 spiro atoms. The Morgan fingerprint density at radius 3 is 2.70 bits per heavy atom. The Morgan fingerprint density at radius 2 is 1.96 bits per heavy atom. The standard InChI is InChI=1S/C16H8N4O2S/c17-8-10-13(12-6-3-7-23-12)19-16-18-11-5-2-1-4-9(11)14(21)20(16)15(10)22/h1-7H,(H,18,19). The van der Waals surface area contributed by atoms with Crippen molar-refractivity contribution >= 4 is 28.0 Å². The molecule has 0 aliphatic carbocycles. The van der Waals surface area contributed by atoms with Gasteiger partial charge in [-0.3, -0.25) is 9.59 Å². The highest BCUT2D eigenvalue weighted by atomic mass is 32.1. The molecular formula is C16H8N4O2S. The molecule has 6 nitrogen and oxygen atoms in total. The van der Waals surface area contributed by atoms with Crippen molar-refractivity contribution in [2.24, 2.45) is 0 Å². The number of benzene rings is 1. The van der Waals surface area contributed by atoms with Crippen molar-refractivity contribution in [3.05, 3.63) is 68.0 Å². The van der Waals surface area contributed by atoms with E-state index in [4.69, 9.17) is 0 Å². The molecule has 0 fully saturated rings. The maximum absolute atomic E-state index is 12.6. The minimum absolute atomic E-state index is 0.126. The zero-order valence-corrected chi connectivity index (χ0v) is 12.4. The minimum atomic E-state index is -0.659. The summed E-state index contributed by atoms with van der Waals surface area (Å²) in [5, 5.41) is 11.6. The first-order chi connectivity index (χ1) is 11.2. The van der Waals surface area contributed by atoms with Gasteiger partial charge in [-0.2, -0.15) is 5.26 Å². The predicted molar refractivity (Wildman–Crippen MR) is 87.6 cm³/mol. The fraction of sp³-hybridized carbons (Fsp3) is 0. The van der Waals surface area contributed by atoms with Gasteiger partial charge >= 0.3 is 0 Å². The summed E-state index contributed by atoms with van der Waals surface area (Å²) in [6, 6.07) is 12.3. The topological polar surface area (TPSA) is 91.0 Å². The average Bonchev–Trinajstić information content (AvgIpc) is 3.09. The molecule has 4 aromatic rings. The van der Waals surface area contributed by atoms with E-state index in [-0.39, 0.29) is 11.3 Å². The van der Waals surface area contributed by atoms with Crippen LogP contribution in [0.5, 0.6) is 0 Å². The summed E-state index contributed by atoms with van der Waals surface area (Å²) >= 11 is 1.38. The van der Waals surface area contributed by atoms with Gasteiger partial charge in [0.2, 0.25) is 5.78 Å². The summed E-state index contributed by atoms with van der Waals surface area (Å²) in [4.78, 5) is 33.2. The number of hydrogen-bond donors (Lipinski definition) is 1. The Morgan fingerprint density at radius 1 is 1.13 bits per heavy atom. The van der Waals surface area contributed by atoms with E-state index in [1.54, 1.807) is 30.3 Å². The van der Waals surface area contributed by atoms with Crippen LogP contribution in [0.4, 0.5) is 0 Å². The summed E-state index contributed by atoms with van der Waals surface area (Å²) in [7, 11) is 0. The van der Waals surface area contributed by atoms with Crippen LogP contribution in [0.2, 0.25) is 0 Å². The van der Waals surface area contributed by atoms with Crippen LogP contribution in [0.1, 0.15) is 5.56 Å². The number of H-pyrrole nitrogens is 1. The molecule has 4 rings (SSSR count). The Labute approximate surface area is 132 Å². The van der Waals surface area contributed by atoms with Crippen LogP contribution < -0.4 is 11.1 Å².